The molecule has 5 heteroatoms. The second-order valence-electron chi connectivity index (χ2n) is 6.55. The van der Waals surface area contributed by atoms with Crippen molar-refractivity contribution in [2.75, 3.05) is 19.0 Å². The molecule has 0 saturated heterocycles. The summed E-state index contributed by atoms with van der Waals surface area (Å²) in [5.41, 5.74) is 3.13. The third-order valence-electron chi connectivity index (χ3n) is 4.33. The molecule has 0 atom stereocenters. The van der Waals surface area contributed by atoms with Gasteiger partial charge in [-0.05, 0) is 61.9 Å². The molecule has 1 amide bonds. The second-order valence-corrected chi connectivity index (χ2v) is 6.55. The Morgan fingerprint density at radius 3 is 2.48 bits per heavy atom. The number of carbonyl (C=O) groups is 1. The molecule has 0 fully saturated rings. The summed E-state index contributed by atoms with van der Waals surface area (Å²) in [4.78, 5) is 12.7. The largest absolute Gasteiger partial charge is 0.497 e. The van der Waals surface area contributed by atoms with Crippen LogP contribution in [0.5, 0.6) is 17.2 Å². The highest BCUT2D eigenvalue weighted by atomic mass is 16.5. The summed E-state index contributed by atoms with van der Waals surface area (Å²) in [7, 11) is 1.59. The molecule has 3 rings (SSSR count). The number of methoxy groups -OCH3 is 1. The van der Waals surface area contributed by atoms with E-state index in [1.54, 1.807) is 31.4 Å². The summed E-state index contributed by atoms with van der Waals surface area (Å²) in [6, 6.07) is 20.4. The van der Waals surface area contributed by atoms with E-state index in [1.165, 1.54) is 0 Å². The molecule has 0 radical (unpaired) electrons. The zero-order valence-electron chi connectivity index (χ0n) is 16.9. The highest BCUT2D eigenvalue weighted by molar-refractivity contribution is 6.04. The summed E-state index contributed by atoms with van der Waals surface area (Å²) >= 11 is 0. The first kappa shape index (κ1) is 20.3. The Morgan fingerprint density at radius 2 is 1.72 bits per heavy atom. The molecule has 0 saturated carbocycles. The van der Waals surface area contributed by atoms with E-state index in [0.29, 0.717) is 36.0 Å². The molecule has 5 nitrogen and oxygen atoms in total. The highest BCUT2D eigenvalue weighted by Gasteiger charge is 2.12. The van der Waals surface area contributed by atoms with Gasteiger partial charge in [0.1, 0.15) is 23.9 Å². The normalized spacial score (nSPS) is 10.3. The molecule has 0 bridgehead atoms. The molecule has 3 aromatic carbocycles. The van der Waals surface area contributed by atoms with Gasteiger partial charge in [-0.25, -0.2) is 0 Å². The lowest BCUT2D eigenvalue weighted by atomic mass is 10.1. The molecule has 0 spiro atoms. The van der Waals surface area contributed by atoms with E-state index in [9.17, 15) is 4.79 Å². The zero-order chi connectivity index (χ0) is 20.6. The maximum Gasteiger partial charge on any atom is 0.255 e. The summed E-state index contributed by atoms with van der Waals surface area (Å²) in [5.74, 6) is 1.96. The van der Waals surface area contributed by atoms with Crippen LogP contribution < -0.4 is 19.5 Å². The fraction of sp³-hybridized carbons (Fsp3) is 0.208. The Hall–Kier alpha value is -3.47. The highest BCUT2D eigenvalue weighted by Crippen LogP contribution is 2.24. The van der Waals surface area contributed by atoms with Crippen LogP contribution in [0, 0.1) is 6.92 Å². The van der Waals surface area contributed by atoms with Gasteiger partial charge in [-0.1, -0.05) is 18.2 Å². The number of anilines is 1. The smallest absolute Gasteiger partial charge is 0.255 e. The number of rotatable bonds is 8. The van der Waals surface area contributed by atoms with Gasteiger partial charge in [-0.3, -0.25) is 4.79 Å². The van der Waals surface area contributed by atoms with Gasteiger partial charge in [-0.2, -0.15) is 0 Å². The predicted octanol–water partition coefficient (Wildman–Crippen LogP) is 5.23. The van der Waals surface area contributed by atoms with Gasteiger partial charge in [-0.15, -0.1) is 0 Å². The lowest BCUT2D eigenvalue weighted by Crippen LogP contribution is -2.13. The molecular formula is C24H25NO4. The zero-order valence-corrected chi connectivity index (χ0v) is 16.9. The molecule has 0 aliphatic carbocycles. The SMILES string of the molecule is CCOc1ccc(C(=O)Nc2cccc(OC)c2)cc1COc1cccc(C)c1. The summed E-state index contributed by atoms with van der Waals surface area (Å²) in [6.07, 6.45) is 0. The minimum atomic E-state index is -0.210. The average molecular weight is 391 g/mol. The van der Waals surface area contributed by atoms with Crippen molar-refractivity contribution in [1.29, 1.82) is 0 Å². The number of carbonyl (C=O) groups excluding carboxylic acids is 1. The van der Waals surface area contributed by atoms with Crippen LogP contribution in [0.4, 0.5) is 5.69 Å². The van der Waals surface area contributed by atoms with Gasteiger partial charge < -0.3 is 19.5 Å². The average Bonchev–Trinajstić information content (AvgIpc) is 2.73. The molecule has 0 aliphatic heterocycles. The van der Waals surface area contributed by atoms with Gasteiger partial charge in [0.2, 0.25) is 0 Å². The number of aryl methyl sites for hydroxylation is 1. The van der Waals surface area contributed by atoms with E-state index in [-0.39, 0.29) is 5.91 Å². The van der Waals surface area contributed by atoms with Gasteiger partial charge in [0.05, 0.1) is 13.7 Å². The van der Waals surface area contributed by atoms with Crippen LogP contribution in [0.15, 0.2) is 66.7 Å². The van der Waals surface area contributed by atoms with E-state index < -0.39 is 0 Å². The maximum atomic E-state index is 12.7. The molecule has 0 aliphatic rings. The number of ether oxygens (including phenoxy) is 3. The molecular weight excluding hydrogens is 366 g/mol. The number of nitrogens with one attached hydrogen (secondary N) is 1. The minimum Gasteiger partial charge on any atom is -0.497 e. The first-order chi connectivity index (χ1) is 14.1. The predicted molar refractivity (Wildman–Crippen MR) is 114 cm³/mol. The van der Waals surface area contributed by atoms with Crippen molar-refractivity contribution in [3.8, 4) is 17.2 Å². The van der Waals surface area contributed by atoms with Gasteiger partial charge >= 0.3 is 0 Å². The Bertz CT molecular complexity index is 984. The molecule has 3 aromatic rings. The van der Waals surface area contributed by atoms with Crippen LogP contribution >= 0.6 is 0 Å². The summed E-state index contributed by atoms with van der Waals surface area (Å²) in [5, 5.41) is 2.89. The van der Waals surface area contributed by atoms with E-state index in [2.05, 4.69) is 5.32 Å². The van der Waals surface area contributed by atoms with E-state index >= 15 is 0 Å². The van der Waals surface area contributed by atoms with Gasteiger partial charge in [0.25, 0.3) is 5.91 Å². The van der Waals surface area contributed by atoms with Gasteiger partial charge in [0, 0.05) is 22.9 Å². The third-order valence-corrected chi connectivity index (χ3v) is 4.33. The monoisotopic (exact) mass is 391 g/mol. The van der Waals surface area contributed by atoms with E-state index in [4.69, 9.17) is 14.2 Å². The van der Waals surface area contributed by atoms with Crippen LogP contribution in [0.2, 0.25) is 0 Å². The van der Waals surface area contributed by atoms with Crippen molar-refractivity contribution in [2.24, 2.45) is 0 Å². The standard InChI is InChI=1S/C24H25NO4/c1-4-28-23-12-11-18(24(26)25-20-8-6-9-21(15-20)27-3)14-19(23)16-29-22-10-5-7-17(2)13-22/h5-15H,4,16H2,1-3H3,(H,25,26). The fourth-order valence-corrected chi connectivity index (χ4v) is 2.90. The molecule has 29 heavy (non-hydrogen) atoms. The third kappa shape index (κ3) is 5.51. The Balaban J connectivity index is 1.78. The van der Waals surface area contributed by atoms with Crippen molar-refractivity contribution in [1.82, 2.24) is 0 Å². The number of hydrogen-bond donors (Lipinski definition) is 1. The van der Waals surface area contributed by atoms with E-state index in [0.717, 1.165) is 16.9 Å². The topological polar surface area (TPSA) is 56.8 Å². The van der Waals surface area contributed by atoms with Crippen molar-refractivity contribution in [3.05, 3.63) is 83.4 Å². The van der Waals surface area contributed by atoms with Crippen molar-refractivity contribution in [3.63, 3.8) is 0 Å². The van der Waals surface area contributed by atoms with Crippen LogP contribution in [0.1, 0.15) is 28.4 Å². The molecule has 1 N–H and O–H groups in total. The first-order valence-electron chi connectivity index (χ1n) is 9.49. The quantitative estimate of drug-likeness (QED) is 0.571. The second kappa shape index (κ2) is 9.64. The van der Waals surface area contributed by atoms with Crippen LogP contribution in [-0.4, -0.2) is 19.6 Å². The van der Waals surface area contributed by atoms with Crippen molar-refractivity contribution in [2.45, 2.75) is 20.5 Å². The number of hydrogen-bond acceptors (Lipinski definition) is 4. The van der Waals surface area contributed by atoms with Crippen molar-refractivity contribution < 1.29 is 19.0 Å². The molecule has 150 valence electrons. The lowest BCUT2D eigenvalue weighted by Gasteiger charge is -2.14. The Labute approximate surface area is 171 Å². The molecule has 0 unspecified atom stereocenters. The molecule has 0 heterocycles. The van der Waals surface area contributed by atoms with E-state index in [1.807, 2.05) is 56.3 Å². The van der Waals surface area contributed by atoms with Crippen LogP contribution in [0.3, 0.4) is 0 Å². The number of benzene rings is 3. The first-order valence-corrected chi connectivity index (χ1v) is 9.49. The maximum absolute atomic E-state index is 12.7. The van der Waals surface area contributed by atoms with Crippen LogP contribution in [-0.2, 0) is 6.61 Å². The Kier molecular flexibility index (Phi) is 6.74. The van der Waals surface area contributed by atoms with Crippen LogP contribution in [0.25, 0.3) is 0 Å². The molecule has 0 aromatic heterocycles. The van der Waals surface area contributed by atoms with Crippen molar-refractivity contribution >= 4 is 11.6 Å². The summed E-state index contributed by atoms with van der Waals surface area (Å²) in [6.45, 7) is 4.78. The lowest BCUT2D eigenvalue weighted by molar-refractivity contribution is 0.102. The Morgan fingerprint density at radius 1 is 0.931 bits per heavy atom. The minimum absolute atomic E-state index is 0.210. The fourth-order valence-electron chi connectivity index (χ4n) is 2.90. The summed E-state index contributed by atoms with van der Waals surface area (Å²) < 4.78 is 16.8. The van der Waals surface area contributed by atoms with Gasteiger partial charge in [0.15, 0.2) is 0 Å². The number of amides is 1.